The van der Waals surface area contributed by atoms with Crippen molar-refractivity contribution in [1.29, 1.82) is 0 Å². The Kier molecular flexibility index (Phi) is 2.88. The van der Waals surface area contributed by atoms with Gasteiger partial charge in [0.1, 0.15) is 0 Å². The first-order valence-corrected chi connectivity index (χ1v) is 6.09. The number of pyridine rings is 1. The first kappa shape index (κ1) is 10.5. The zero-order chi connectivity index (χ0) is 11.5. The van der Waals surface area contributed by atoms with Gasteiger partial charge in [0, 0.05) is 36.3 Å². The molecule has 1 fully saturated rings. The second-order valence-electron chi connectivity index (χ2n) is 4.45. The van der Waals surface area contributed by atoms with Gasteiger partial charge in [-0.25, -0.2) is 0 Å². The van der Waals surface area contributed by atoms with E-state index in [1.54, 1.807) is 6.20 Å². The van der Waals surface area contributed by atoms with Crippen LogP contribution in [0.1, 0.15) is 18.9 Å². The van der Waals surface area contributed by atoms with Gasteiger partial charge in [-0.1, -0.05) is 6.07 Å². The normalized spacial score (nSPS) is 20.4. The molecule has 0 radical (unpaired) electrons. The average Bonchev–Trinajstić information content (AvgIpc) is 2.90. The molecule has 1 N–H and O–H groups in total. The fourth-order valence-corrected chi connectivity index (χ4v) is 2.28. The molecule has 3 rings (SSSR count). The van der Waals surface area contributed by atoms with Crippen molar-refractivity contribution in [3.05, 3.63) is 36.9 Å². The highest BCUT2D eigenvalue weighted by Crippen LogP contribution is 2.21. The maximum Gasteiger partial charge on any atom is 0.0644 e. The summed E-state index contributed by atoms with van der Waals surface area (Å²) in [6.07, 6.45) is 10.1. The Morgan fingerprint density at radius 3 is 3.06 bits per heavy atom. The fraction of sp³-hybridized carbons (Fsp3) is 0.385. The minimum Gasteiger partial charge on any atom is -0.315 e. The fourth-order valence-electron chi connectivity index (χ4n) is 2.28. The number of nitrogens with zero attached hydrogens (tertiary/aromatic N) is 3. The molecule has 3 heterocycles. The third-order valence-electron chi connectivity index (χ3n) is 3.24. The first-order chi connectivity index (χ1) is 8.43. The van der Waals surface area contributed by atoms with E-state index in [1.165, 1.54) is 12.8 Å². The third kappa shape index (κ3) is 2.22. The third-order valence-corrected chi connectivity index (χ3v) is 3.24. The highest BCUT2D eigenvalue weighted by Gasteiger charge is 2.15. The van der Waals surface area contributed by atoms with E-state index >= 15 is 0 Å². The number of nitrogens with one attached hydrogen (secondary N) is 1. The Bertz CT molecular complexity index is 471. The summed E-state index contributed by atoms with van der Waals surface area (Å²) in [6.45, 7) is 2.15. The van der Waals surface area contributed by atoms with Gasteiger partial charge in [0.2, 0.25) is 0 Å². The van der Waals surface area contributed by atoms with Crippen molar-refractivity contribution in [2.75, 3.05) is 13.1 Å². The minimum absolute atomic E-state index is 0.495. The summed E-state index contributed by atoms with van der Waals surface area (Å²) < 4.78 is 2.08. The number of hydrogen-bond acceptors (Lipinski definition) is 3. The average molecular weight is 228 g/mol. The van der Waals surface area contributed by atoms with Gasteiger partial charge in [-0.15, -0.1) is 0 Å². The maximum absolute atomic E-state index is 4.47. The predicted octanol–water partition coefficient (Wildman–Crippen LogP) is 1.87. The van der Waals surface area contributed by atoms with Crippen molar-refractivity contribution in [3.8, 4) is 11.1 Å². The van der Waals surface area contributed by atoms with Gasteiger partial charge >= 0.3 is 0 Å². The van der Waals surface area contributed by atoms with Gasteiger partial charge in [0.05, 0.1) is 12.2 Å². The van der Waals surface area contributed by atoms with Crippen LogP contribution in [0.25, 0.3) is 11.1 Å². The zero-order valence-electron chi connectivity index (χ0n) is 9.71. The molecule has 1 atom stereocenters. The molecule has 1 unspecified atom stereocenters. The lowest BCUT2D eigenvalue weighted by atomic mass is 10.1. The molecule has 17 heavy (non-hydrogen) atoms. The second-order valence-corrected chi connectivity index (χ2v) is 4.45. The summed E-state index contributed by atoms with van der Waals surface area (Å²) in [5.41, 5.74) is 2.27. The number of rotatable bonds is 2. The Morgan fingerprint density at radius 1 is 1.29 bits per heavy atom. The van der Waals surface area contributed by atoms with Crippen LogP contribution in [0, 0.1) is 0 Å². The molecule has 0 spiro atoms. The molecule has 0 amide bonds. The largest absolute Gasteiger partial charge is 0.315 e. The molecule has 0 aromatic carbocycles. The Morgan fingerprint density at radius 2 is 2.29 bits per heavy atom. The van der Waals surface area contributed by atoms with Crippen molar-refractivity contribution in [2.45, 2.75) is 18.9 Å². The highest BCUT2D eigenvalue weighted by atomic mass is 15.3. The summed E-state index contributed by atoms with van der Waals surface area (Å²) in [7, 11) is 0. The standard InChI is InChI=1S/C13H16N4/c1-3-11(7-14-5-1)12-8-16-17(10-12)13-4-2-6-15-9-13/h1,3,5,7-8,10,13,15H,2,4,6,9H2. The van der Waals surface area contributed by atoms with Crippen LogP contribution >= 0.6 is 0 Å². The molecule has 0 saturated carbocycles. The van der Waals surface area contributed by atoms with Crippen LogP contribution in [0.4, 0.5) is 0 Å². The SMILES string of the molecule is c1cncc(-c2cnn(C3CCCNC3)c2)c1. The summed E-state index contributed by atoms with van der Waals surface area (Å²) in [5.74, 6) is 0. The molecule has 1 aliphatic rings. The van der Waals surface area contributed by atoms with Crippen LogP contribution in [0.2, 0.25) is 0 Å². The summed E-state index contributed by atoms with van der Waals surface area (Å²) in [5, 5.41) is 7.87. The van der Waals surface area contributed by atoms with E-state index in [0.29, 0.717) is 6.04 Å². The Balaban J connectivity index is 1.83. The molecule has 88 valence electrons. The molecule has 1 saturated heterocycles. The zero-order valence-corrected chi connectivity index (χ0v) is 9.71. The topological polar surface area (TPSA) is 42.7 Å². The van der Waals surface area contributed by atoms with E-state index in [4.69, 9.17) is 0 Å². The van der Waals surface area contributed by atoms with Crippen LogP contribution in [-0.2, 0) is 0 Å². The van der Waals surface area contributed by atoms with E-state index < -0.39 is 0 Å². The molecular formula is C13H16N4. The summed E-state index contributed by atoms with van der Waals surface area (Å²) in [4.78, 5) is 4.13. The molecular weight excluding hydrogens is 212 g/mol. The molecule has 2 aromatic heterocycles. The Labute approximate surface area is 101 Å². The van der Waals surface area contributed by atoms with Crippen molar-refractivity contribution in [3.63, 3.8) is 0 Å². The highest BCUT2D eigenvalue weighted by molar-refractivity contribution is 5.60. The predicted molar refractivity (Wildman–Crippen MR) is 66.6 cm³/mol. The summed E-state index contributed by atoms with van der Waals surface area (Å²) >= 11 is 0. The van der Waals surface area contributed by atoms with E-state index in [0.717, 1.165) is 24.2 Å². The number of piperidine rings is 1. The smallest absolute Gasteiger partial charge is 0.0644 e. The number of aromatic nitrogens is 3. The van der Waals surface area contributed by atoms with Crippen LogP contribution in [0.3, 0.4) is 0 Å². The van der Waals surface area contributed by atoms with Crippen LogP contribution in [0.5, 0.6) is 0 Å². The van der Waals surface area contributed by atoms with E-state index in [1.807, 2.05) is 18.5 Å². The molecule has 4 nitrogen and oxygen atoms in total. The first-order valence-electron chi connectivity index (χ1n) is 6.09. The molecule has 0 aliphatic carbocycles. The molecule has 1 aliphatic heterocycles. The minimum atomic E-state index is 0.495. The van der Waals surface area contributed by atoms with Crippen LogP contribution in [-0.4, -0.2) is 27.9 Å². The summed E-state index contributed by atoms with van der Waals surface area (Å²) in [6, 6.07) is 4.51. The monoisotopic (exact) mass is 228 g/mol. The van der Waals surface area contributed by atoms with Crippen molar-refractivity contribution in [1.82, 2.24) is 20.1 Å². The van der Waals surface area contributed by atoms with Gasteiger partial charge in [0.25, 0.3) is 0 Å². The van der Waals surface area contributed by atoms with Crippen molar-refractivity contribution in [2.24, 2.45) is 0 Å². The Hall–Kier alpha value is -1.68. The number of hydrogen-bond donors (Lipinski definition) is 1. The maximum atomic E-state index is 4.47. The molecule has 2 aromatic rings. The lowest BCUT2D eigenvalue weighted by Crippen LogP contribution is -2.31. The molecule has 0 bridgehead atoms. The van der Waals surface area contributed by atoms with Crippen LogP contribution < -0.4 is 5.32 Å². The van der Waals surface area contributed by atoms with Gasteiger partial charge in [0.15, 0.2) is 0 Å². The van der Waals surface area contributed by atoms with Gasteiger partial charge in [-0.05, 0) is 25.5 Å². The van der Waals surface area contributed by atoms with E-state index in [-0.39, 0.29) is 0 Å². The van der Waals surface area contributed by atoms with Gasteiger partial charge < -0.3 is 5.32 Å². The lowest BCUT2D eigenvalue weighted by molar-refractivity contribution is 0.347. The van der Waals surface area contributed by atoms with Crippen LogP contribution in [0.15, 0.2) is 36.9 Å². The van der Waals surface area contributed by atoms with Gasteiger partial charge in [-0.3, -0.25) is 9.67 Å². The van der Waals surface area contributed by atoms with Gasteiger partial charge in [-0.2, -0.15) is 5.10 Å². The van der Waals surface area contributed by atoms with E-state index in [9.17, 15) is 0 Å². The van der Waals surface area contributed by atoms with Crippen molar-refractivity contribution < 1.29 is 0 Å². The lowest BCUT2D eigenvalue weighted by Gasteiger charge is -2.22. The molecule has 4 heteroatoms. The van der Waals surface area contributed by atoms with E-state index in [2.05, 4.69) is 32.3 Å². The van der Waals surface area contributed by atoms with Crippen molar-refractivity contribution >= 4 is 0 Å². The second kappa shape index (κ2) is 4.67. The quantitative estimate of drug-likeness (QED) is 0.853.